The van der Waals surface area contributed by atoms with E-state index >= 15 is 0 Å². The molecule has 0 aliphatic carbocycles. The predicted octanol–water partition coefficient (Wildman–Crippen LogP) is 1.68. The van der Waals surface area contributed by atoms with Gasteiger partial charge in [0.25, 0.3) is 5.91 Å². The summed E-state index contributed by atoms with van der Waals surface area (Å²) in [6.45, 7) is -0.200. The van der Waals surface area contributed by atoms with Gasteiger partial charge in [-0.05, 0) is 18.6 Å². The topological polar surface area (TPSA) is 72.5 Å². The van der Waals surface area contributed by atoms with Crippen LogP contribution in [0.3, 0.4) is 0 Å². The Hall–Kier alpha value is -0.980. The number of benzene rings is 1. The van der Waals surface area contributed by atoms with E-state index in [1.807, 2.05) is 0 Å². The lowest BCUT2D eigenvalue weighted by Crippen LogP contribution is -2.38. The molecule has 0 bridgehead atoms. The van der Waals surface area contributed by atoms with Crippen molar-refractivity contribution in [3.05, 3.63) is 28.2 Å². The molecular formula is C12H13Cl2NO4S. The summed E-state index contributed by atoms with van der Waals surface area (Å²) < 4.78 is 27.8. The summed E-state index contributed by atoms with van der Waals surface area (Å²) >= 11 is 11.6. The monoisotopic (exact) mass is 337 g/mol. The molecule has 0 saturated carbocycles. The second-order valence-corrected chi connectivity index (χ2v) is 7.58. The van der Waals surface area contributed by atoms with E-state index < -0.39 is 9.84 Å². The highest BCUT2D eigenvalue weighted by Crippen LogP contribution is 2.26. The maximum atomic E-state index is 11.6. The van der Waals surface area contributed by atoms with Crippen LogP contribution in [0.25, 0.3) is 0 Å². The van der Waals surface area contributed by atoms with E-state index in [1.54, 1.807) is 12.1 Å². The van der Waals surface area contributed by atoms with Crippen LogP contribution in [0.5, 0.6) is 5.75 Å². The van der Waals surface area contributed by atoms with Crippen LogP contribution < -0.4 is 10.1 Å². The van der Waals surface area contributed by atoms with Gasteiger partial charge in [0.15, 0.2) is 16.4 Å². The second kappa shape index (κ2) is 6.20. The summed E-state index contributed by atoms with van der Waals surface area (Å²) in [5.41, 5.74) is 0. The van der Waals surface area contributed by atoms with Crippen LogP contribution in [0, 0.1) is 0 Å². The highest BCUT2D eigenvalue weighted by atomic mass is 35.5. The van der Waals surface area contributed by atoms with Crippen molar-refractivity contribution in [1.82, 2.24) is 5.32 Å². The van der Waals surface area contributed by atoms with Gasteiger partial charge in [0, 0.05) is 12.1 Å². The zero-order valence-corrected chi connectivity index (χ0v) is 12.8. The van der Waals surface area contributed by atoms with Gasteiger partial charge in [-0.15, -0.1) is 0 Å². The smallest absolute Gasteiger partial charge is 0.258 e. The molecule has 1 amide bonds. The molecule has 1 atom stereocenters. The van der Waals surface area contributed by atoms with Gasteiger partial charge in [0.1, 0.15) is 5.75 Å². The summed E-state index contributed by atoms with van der Waals surface area (Å²) in [7, 11) is -3.01. The summed E-state index contributed by atoms with van der Waals surface area (Å²) in [5.74, 6) is 0.170. The van der Waals surface area contributed by atoms with Crippen molar-refractivity contribution in [2.45, 2.75) is 12.5 Å². The molecule has 1 fully saturated rings. The van der Waals surface area contributed by atoms with Crippen LogP contribution in [0.2, 0.25) is 10.0 Å². The Bertz CT molecular complexity index is 618. The molecule has 1 saturated heterocycles. The zero-order chi connectivity index (χ0) is 14.8. The van der Waals surface area contributed by atoms with E-state index in [2.05, 4.69) is 5.32 Å². The molecule has 1 aromatic carbocycles. The molecule has 1 heterocycles. The normalized spacial score (nSPS) is 20.6. The van der Waals surface area contributed by atoms with E-state index in [1.165, 1.54) is 6.07 Å². The van der Waals surface area contributed by atoms with Crippen molar-refractivity contribution in [2.75, 3.05) is 18.1 Å². The van der Waals surface area contributed by atoms with E-state index in [9.17, 15) is 13.2 Å². The predicted molar refractivity (Wildman–Crippen MR) is 77.2 cm³/mol. The summed E-state index contributed by atoms with van der Waals surface area (Å²) in [4.78, 5) is 11.6. The summed E-state index contributed by atoms with van der Waals surface area (Å²) in [6.07, 6.45) is 0.445. The van der Waals surface area contributed by atoms with E-state index in [0.717, 1.165) is 0 Å². The maximum Gasteiger partial charge on any atom is 0.258 e. The molecule has 5 nitrogen and oxygen atoms in total. The Balaban J connectivity index is 1.82. The Labute approximate surface area is 127 Å². The fraction of sp³-hybridized carbons (Fsp3) is 0.417. The number of hydrogen-bond acceptors (Lipinski definition) is 4. The molecule has 1 aromatic rings. The number of rotatable bonds is 4. The van der Waals surface area contributed by atoms with E-state index in [4.69, 9.17) is 27.9 Å². The minimum absolute atomic E-state index is 0.00842. The molecule has 1 aliphatic rings. The number of sulfone groups is 1. The van der Waals surface area contributed by atoms with Crippen molar-refractivity contribution in [2.24, 2.45) is 0 Å². The van der Waals surface area contributed by atoms with Crippen LogP contribution in [-0.2, 0) is 14.6 Å². The molecule has 0 aromatic heterocycles. The molecule has 2 rings (SSSR count). The lowest BCUT2D eigenvalue weighted by Gasteiger charge is -2.11. The van der Waals surface area contributed by atoms with Gasteiger partial charge in [-0.3, -0.25) is 4.79 Å². The number of carbonyl (C=O) groups is 1. The first-order valence-electron chi connectivity index (χ1n) is 5.93. The van der Waals surface area contributed by atoms with Crippen LogP contribution in [0.1, 0.15) is 6.42 Å². The molecule has 0 radical (unpaired) electrons. The van der Waals surface area contributed by atoms with Gasteiger partial charge in [-0.1, -0.05) is 23.2 Å². The molecule has 0 unspecified atom stereocenters. The second-order valence-electron chi connectivity index (χ2n) is 4.53. The molecule has 110 valence electrons. The fourth-order valence-corrected chi connectivity index (χ4v) is 3.86. The summed E-state index contributed by atoms with van der Waals surface area (Å²) in [6, 6.07) is 4.35. The molecule has 1 N–H and O–H groups in total. The largest absolute Gasteiger partial charge is 0.484 e. The van der Waals surface area contributed by atoms with Crippen molar-refractivity contribution < 1.29 is 17.9 Å². The number of nitrogens with one attached hydrogen (secondary N) is 1. The van der Waals surface area contributed by atoms with Crippen molar-refractivity contribution in [3.8, 4) is 5.75 Å². The highest BCUT2D eigenvalue weighted by molar-refractivity contribution is 7.91. The average Bonchev–Trinajstić information content (AvgIpc) is 2.70. The van der Waals surface area contributed by atoms with Crippen LogP contribution in [-0.4, -0.2) is 38.5 Å². The fourth-order valence-electron chi connectivity index (χ4n) is 1.89. The van der Waals surface area contributed by atoms with Gasteiger partial charge in [0.2, 0.25) is 0 Å². The third kappa shape index (κ3) is 4.26. The highest BCUT2D eigenvalue weighted by Gasteiger charge is 2.28. The lowest BCUT2D eigenvalue weighted by molar-refractivity contribution is -0.123. The first kappa shape index (κ1) is 15.4. The van der Waals surface area contributed by atoms with Crippen molar-refractivity contribution >= 4 is 38.9 Å². The lowest BCUT2D eigenvalue weighted by atomic mass is 10.2. The Morgan fingerprint density at radius 2 is 2.10 bits per heavy atom. The van der Waals surface area contributed by atoms with Gasteiger partial charge in [-0.2, -0.15) is 0 Å². The number of hydrogen-bond donors (Lipinski definition) is 1. The Kier molecular flexibility index (Phi) is 4.78. The summed E-state index contributed by atoms with van der Waals surface area (Å²) in [5, 5.41) is 3.37. The third-order valence-corrected chi connectivity index (χ3v) is 5.37. The number of carbonyl (C=O) groups excluding carboxylic acids is 1. The average molecular weight is 338 g/mol. The van der Waals surface area contributed by atoms with Crippen LogP contribution in [0.4, 0.5) is 0 Å². The number of ether oxygens (including phenoxy) is 1. The zero-order valence-electron chi connectivity index (χ0n) is 10.4. The quantitative estimate of drug-likeness (QED) is 0.907. The molecule has 8 heteroatoms. The van der Waals surface area contributed by atoms with Crippen molar-refractivity contribution in [3.63, 3.8) is 0 Å². The Morgan fingerprint density at radius 1 is 1.35 bits per heavy atom. The number of amides is 1. The molecule has 0 spiro atoms. The first-order valence-corrected chi connectivity index (χ1v) is 8.51. The molecular weight excluding hydrogens is 325 g/mol. The van der Waals surface area contributed by atoms with Gasteiger partial charge in [-0.25, -0.2) is 8.42 Å². The number of halogens is 2. The first-order chi connectivity index (χ1) is 9.35. The van der Waals surface area contributed by atoms with Crippen LogP contribution >= 0.6 is 23.2 Å². The SMILES string of the molecule is O=C(COc1ccc(Cl)c(Cl)c1)N[C@H]1CCS(=O)(=O)C1. The van der Waals surface area contributed by atoms with Gasteiger partial charge < -0.3 is 10.1 Å². The van der Waals surface area contributed by atoms with Crippen LogP contribution in [0.15, 0.2) is 18.2 Å². The standard InChI is InChI=1S/C12H13Cl2NO4S/c13-10-2-1-9(5-11(10)14)19-6-12(16)15-8-3-4-20(17,18)7-8/h1-2,5,8H,3-4,6-7H2,(H,15,16)/t8-/m0/s1. The minimum atomic E-state index is -3.01. The molecule has 1 aliphatic heterocycles. The van der Waals surface area contributed by atoms with E-state index in [0.29, 0.717) is 22.2 Å². The maximum absolute atomic E-state index is 11.6. The van der Waals surface area contributed by atoms with E-state index in [-0.39, 0.29) is 30.1 Å². The van der Waals surface area contributed by atoms with Crippen molar-refractivity contribution in [1.29, 1.82) is 0 Å². The minimum Gasteiger partial charge on any atom is -0.484 e. The third-order valence-electron chi connectivity index (χ3n) is 2.86. The van der Waals surface area contributed by atoms with Gasteiger partial charge >= 0.3 is 0 Å². The molecule has 20 heavy (non-hydrogen) atoms. The Morgan fingerprint density at radius 3 is 2.70 bits per heavy atom. The van der Waals surface area contributed by atoms with Gasteiger partial charge in [0.05, 0.1) is 21.6 Å².